The van der Waals surface area contributed by atoms with Crippen LogP contribution in [-0.4, -0.2) is 36.4 Å². The zero-order chi connectivity index (χ0) is 54.8. The molecule has 0 aliphatic carbocycles. The largest absolute Gasteiger partial charge is 0.462 e. The lowest BCUT2D eigenvalue weighted by molar-refractivity contribution is -0.161. The Bertz CT molecular complexity index is 1300. The first-order valence-corrected chi connectivity index (χ1v) is 33.8. The first kappa shape index (κ1) is 73.6. The Morgan fingerprint density at radius 2 is 0.566 bits per heavy atom. The third-order valence-electron chi connectivity index (χ3n) is 15.3. The maximum Gasteiger partial charge on any atom is 0.306 e. The molecule has 0 saturated carbocycles. The number of allylic oxidation sites excluding steroid dienone is 10. The molecular formula is C71H130O5. The van der Waals surface area contributed by atoms with Gasteiger partial charge >= 0.3 is 11.9 Å². The Labute approximate surface area is 474 Å². The maximum atomic E-state index is 12.3. The molecule has 0 aliphatic rings. The monoisotopic (exact) mass is 1060 g/mol. The van der Waals surface area contributed by atoms with E-state index in [2.05, 4.69) is 74.6 Å². The van der Waals surface area contributed by atoms with Crippen LogP contribution in [0, 0.1) is 0 Å². The second-order valence-corrected chi connectivity index (χ2v) is 22.9. The van der Waals surface area contributed by atoms with Crippen LogP contribution in [0.3, 0.4) is 0 Å². The summed E-state index contributed by atoms with van der Waals surface area (Å²) in [7, 11) is 0. The molecule has 444 valence electrons. The number of aliphatic hydroxyl groups excluding tert-OH is 1. The number of hydrogen-bond acceptors (Lipinski definition) is 5. The number of aliphatic hydroxyl groups is 1. The Balaban J connectivity index is 3.40. The Morgan fingerprint density at radius 1 is 0.316 bits per heavy atom. The number of rotatable bonds is 63. The number of hydrogen-bond donors (Lipinski definition) is 1. The molecule has 76 heavy (non-hydrogen) atoms. The molecule has 0 amide bonds. The highest BCUT2D eigenvalue weighted by Crippen LogP contribution is 2.18. The van der Waals surface area contributed by atoms with Crippen LogP contribution in [0.1, 0.15) is 361 Å². The standard InChI is InChI=1S/C71H130O5/c1-3-5-7-9-11-13-15-17-19-21-23-25-27-29-31-32-33-34-35-36-37-38-40-41-43-45-47-49-51-53-55-57-59-61-63-65-70(73)75-68-69(67-72)76-71(74)66-64-62-60-58-56-54-52-50-48-46-44-42-39-30-28-26-24-22-20-18-16-14-12-10-8-6-4-2/h6,8,12,14,18,20-21,23-24,26,69,72H,3-5,7,9-11,13,15-17,19,22,25,27-68H2,1-2H3/b8-6-,14-12-,20-18-,23-21-,26-24-. The van der Waals surface area contributed by atoms with Crippen molar-refractivity contribution in [2.75, 3.05) is 13.2 Å². The van der Waals surface area contributed by atoms with Crippen molar-refractivity contribution < 1.29 is 24.2 Å². The van der Waals surface area contributed by atoms with Gasteiger partial charge in [-0.05, 0) is 77.0 Å². The third kappa shape index (κ3) is 64.1. The molecular weight excluding hydrogens is 933 g/mol. The fourth-order valence-electron chi connectivity index (χ4n) is 10.3. The fraction of sp³-hybridized carbons (Fsp3) is 0.831. The van der Waals surface area contributed by atoms with Gasteiger partial charge in [-0.25, -0.2) is 0 Å². The molecule has 0 radical (unpaired) electrons. The van der Waals surface area contributed by atoms with Crippen molar-refractivity contribution in [2.45, 2.75) is 367 Å². The third-order valence-corrected chi connectivity index (χ3v) is 15.3. The van der Waals surface area contributed by atoms with Gasteiger partial charge in [-0.2, -0.15) is 0 Å². The van der Waals surface area contributed by atoms with Gasteiger partial charge in [0.15, 0.2) is 6.10 Å². The molecule has 0 saturated heterocycles. The smallest absolute Gasteiger partial charge is 0.306 e. The van der Waals surface area contributed by atoms with E-state index in [1.165, 1.54) is 270 Å². The molecule has 0 aromatic rings. The highest BCUT2D eigenvalue weighted by atomic mass is 16.6. The minimum Gasteiger partial charge on any atom is -0.462 e. The van der Waals surface area contributed by atoms with E-state index in [0.29, 0.717) is 12.8 Å². The lowest BCUT2D eigenvalue weighted by atomic mass is 10.0. The van der Waals surface area contributed by atoms with Crippen molar-refractivity contribution >= 4 is 11.9 Å². The lowest BCUT2D eigenvalue weighted by Gasteiger charge is -2.15. The van der Waals surface area contributed by atoms with Gasteiger partial charge in [0.2, 0.25) is 0 Å². The number of carbonyl (C=O) groups is 2. The van der Waals surface area contributed by atoms with Gasteiger partial charge in [0.1, 0.15) is 6.61 Å². The quantitative estimate of drug-likeness (QED) is 0.0373. The van der Waals surface area contributed by atoms with Gasteiger partial charge in [-0.1, -0.05) is 331 Å². The average Bonchev–Trinajstić information content (AvgIpc) is 3.42. The van der Waals surface area contributed by atoms with Gasteiger partial charge in [-0.3, -0.25) is 9.59 Å². The van der Waals surface area contributed by atoms with Crippen molar-refractivity contribution in [1.82, 2.24) is 0 Å². The number of ether oxygens (including phenoxy) is 2. The van der Waals surface area contributed by atoms with E-state index in [-0.39, 0.29) is 25.2 Å². The first-order chi connectivity index (χ1) is 37.6. The van der Waals surface area contributed by atoms with Crippen LogP contribution in [0.5, 0.6) is 0 Å². The van der Waals surface area contributed by atoms with E-state index in [4.69, 9.17) is 9.47 Å². The maximum absolute atomic E-state index is 12.3. The number of unbranched alkanes of at least 4 members (excludes halogenated alkanes) is 45. The van der Waals surface area contributed by atoms with E-state index < -0.39 is 6.10 Å². The summed E-state index contributed by atoms with van der Waals surface area (Å²) in [6, 6.07) is 0. The summed E-state index contributed by atoms with van der Waals surface area (Å²) in [5, 5.41) is 9.69. The molecule has 0 fully saturated rings. The van der Waals surface area contributed by atoms with Gasteiger partial charge in [0, 0.05) is 12.8 Å². The lowest BCUT2D eigenvalue weighted by Crippen LogP contribution is -2.28. The molecule has 0 heterocycles. The highest BCUT2D eigenvalue weighted by molar-refractivity contribution is 5.70. The molecule has 5 heteroatoms. The van der Waals surface area contributed by atoms with E-state index in [9.17, 15) is 14.7 Å². The molecule has 0 rings (SSSR count). The first-order valence-electron chi connectivity index (χ1n) is 33.8. The summed E-state index contributed by atoms with van der Waals surface area (Å²) in [6.07, 6.45) is 91.1. The molecule has 0 aromatic carbocycles. The summed E-state index contributed by atoms with van der Waals surface area (Å²) < 4.78 is 10.8. The van der Waals surface area contributed by atoms with Crippen molar-refractivity contribution in [1.29, 1.82) is 0 Å². The predicted molar refractivity (Wildman–Crippen MR) is 334 cm³/mol. The topological polar surface area (TPSA) is 72.8 Å². The molecule has 1 N–H and O–H groups in total. The zero-order valence-electron chi connectivity index (χ0n) is 51.0. The molecule has 0 bridgehead atoms. The normalized spacial score (nSPS) is 12.5. The Hall–Kier alpha value is -2.40. The van der Waals surface area contributed by atoms with Crippen molar-refractivity contribution in [2.24, 2.45) is 0 Å². The predicted octanol–water partition coefficient (Wildman–Crippen LogP) is 23.3. The van der Waals surface area contributed by atoms with Crippen LogP contribution in [0.4, 0.5) is 0 Å². The van der Waals surface area contributed by atoms with Gasteiger partial charge < -0.3 is 14.6 Å². The average molecular weight is 1060 g/mol. The number of carbonyl (C=O) groups excluding carboxylic acids is 2. The van der Waals surface area contributed by atoms with Crippen LogP contribution in [0.2, 0.25) is 0 Å². The summed E-state index contributed by atoms with van der Waals surface area (Å²) in [6.45, 7) is 4.08. The van der Waals surface area contributed by atoms with Crippen LogP contribution in [-0.2, 0) is 19.1 Å². The molecule has 0 aromatic heterocycles. The van der Waals surface area contributed by atoms with Crippen LogP contribution in [0.25, 0.3) is 0 Å². The molecule has 0 spiro atoms. The van der Waals surface area contributed by atoms with E-state index in [1.807, 2.05) is 0 Å². The second kappa shape index (κ2) is 66.9. The summed E-state index contributed by atoms with van der Waals surface area (Å²) >= 11 is 0. The van der Waals surface area contributed by atoms with E-state index >= 15 is 0 Å². The van der Waals surface area contributed by atoms with Crippen molar-refractivity contribution in [3.63, 3.8) is 0 Å². The minimum atomic E-state index is -0.773. The Morgan fingerprint density at radius 3 is 0.868 bits per heavy atom. The van der Waals surface area contributed by atoms with E-state index in [0.717, 1.165) is 64.2 Å². The fourth-order valence-corrected chi connectivity index (χ4v) is 10.3. The highest BCUT2D eigenvalue weighted by Gasteiger charge is 2.16. The van der Waals surface area contributed by atoms with Crippen LogP contribution >= 0.6 is 0 Å². The zero-order valence-corrected chi connectivity index (χ0v) is 51.0. The SMILES string of the molecule is CC/C=C\C/C=C\C/C=C\C/C=C\CCCCCCCCCCCCCCCCC(=O)OC(CO)COC(=O)CCCCCCCCCCCCCCCCCCCCCCCCC/C=C\CCCCCCCCCC. The van der Waals surface area contributed by atoms with Crippen LogP contribution < -0.4 is 0 Å². The van der Waals surface area contributed by atoms with Crippen molar-refractivity contribution in [3.8, 4) is 0 Å². The minimum absolute atomic E-state index is 0.0626. The molecule has 0 aliphatic heterocycles. The number of esters is 2. The second-order valence-electron chi connectivity index (χ2n) is 22.9. The molecule has 1 unspecified atom stereocenters. The molecule has 1 atom stereocenters. The van der Waals surface area contributed by atoms with Gasteiger partial charge in [-0.15, -0.1) is 0 Å². The Kier molecular flexibility index (Phi) is 64.8. The summed E-state index contributed by atoms with van der Waals surface area (Å²) in [4.78, 5) is 24.6. The van der Waals surface area contributed by atoms with Crippen LogP contribution in [0.15, 0.2) is 60.8 Å². The molecule has 5 nitrogen and oxygen atoms in total. The van der Waals surface area contributed by atoms with Gasteiger partial charge in [0.25, 0.3) is 0 Å². The van der Waals surface area contributed by atoms with Crippen molar-refractivity contribution in [3.05, 3.63) is 60.8 Å². The summed E-state index contributed by atoms with van der Waals surface area (Å²) in [5.41, 5.74) is 0. The van der Waals surface area contributed by atoms with E-state index in [1.54, 1.807) is 0 Å². The summed E-state index contributed by atoms with van der Waals surface area (Å²) in [5.74, 6) is -0.574. The van der Waals surface area contributed by atoms with Gasteiger partial charge in [0.05, 0.1) is 6.61 Å².